The number of rotatable bonds is 3. The first-order valence-corrected chi connectivity index (χ1v) is 4.61. The van der Waals surface area contributed by atoms with E-state index in [4.69, 9.17) is 9.47 Å². The summed E-state index contributed by atoms with van der Waals surface area (Å²) in [5.41, 5.74) is -0.391. The Morgan fingerprint density at radius 3 is 1.94 bits per heavy atom. The summed E-state index contributed by atoms with van der Waals surface area (Å²) in [6.07, 6.45) is -4.36. The van der Waals surface area contributed by atoms with Crippen LogP contribution in [0.2, 0.25) is 0 Å². The van der Waals surface area contributed by atoms with Crippen molar-refractivity contribution in [3.05, 3.63) is 35.4 Å². The molecule has 0 aliphatic carbocycles. The van der Waals surface area contributed by atoms with Crippen LogP contribution in [0.1, 0.15) is 18.1 Å². The van der Waals surface area contributed by atoms with Gasteiger partial charge in [0.05, 0.1) is 5.56 Å². The quantitative estimate of drug-likeness (QED) is 0.748. The van der Waals surface area contributed by atoms with Gasteiger partial charge in [-0.1, -0.05) is 12.1 Å². The molecule has 90 valence electrons. The van der Waals surface area contributed by atoms with E-state index in [1.165, 1.54) is 26.4 Å². The maximum absolute atomic E-state index is 12.5. The van der Waals surface area contributed by atoms with Crippen molar-refractivity contribution in [2.45, 2.75) is 18.9 Å². The predicted molar refractivity (Wildman–Crippen MR) is 52.8 cm³/mol. The fourth-order valence-electron chi connectivity index (χ4n) is 1.30. The smallest absolute Gasteiger partial charge is 0.349 e. The van der Waals surface area contributed by atoms with Crippen molar-refractivity contribution in [1.82, 2.24) is 0 Å². The third kappa shape index (κ3) is 2.54. The van der Waals surface area contributed by atoms with Crippen molar-refractivity contribution in [2.75, 3.05) is 14.2 Å². The van der Waals surface area contributed by atoms with Gasteiger partial charge < -0.3 is 9.47 Å². The zero-order valence-electron chi connectivity index (χ0n) is 9.26. The van der Waals surface area contributed by atoms with E-state index >= 15 is 0 Å². The van der Waals surface area contributed by atoms with Crippen molar-refractivity contribution in [3.8, 4) is 0 Å². The topological polar surface area (TPSA) is 18.5 Å². The molecule has 1 aromatic rings. The summed E-state index contributed by atoms with van der Waals surface area (Å²) >= 11 is 0. The van der Waals surface area contributed by atoms with Gasteiger partial charge in [0.25, 0.3) is 0 Å². The molecule has 16 heavy (non-hydrogen) atoms. The summed E-state index contributed by atoms with van der Waals surface area (Å²) in [4.78, 5) is 0. The summed E-state index contributed by atoms with van der Waals surface area (Å²) < 4.78 is 47.5. The van der Waals surface area contributed by atoms with E-state index in [0.717, 1.165) is 12.1 Å². The maximum Gasteiger partial charge on any atom is 0.416 e. The zero-order valence-corrected chi connectivity index (χ0v) is 9.26. The molecule has 0 aliphatic heterocycles. The van der Waals surface area contributed by atoms with Crippen molar-refractivity contribution < 1.29 is 22.6 Å². The van der Waals surface area contributed by atoms with Crippen LogP contribution in [-0.2, 0) is 21.4 Å². The zero-order chi connectivity index (χ0) is 12.4. The molecule has 0 aromatic heterocycles. The van der Waals surface area contributed by atoms with Gasteiger partial charge in [0.1, 0.15) is 0 Å². The summed E-state index contributed by atoms with van der Waals surface area (Å²) in [5, 5.41) is 0. The molecule has 0 unspecified atom stereocenters. The molecule has 0 N–H and O–H groups in total. The summed E-state index contributed by atoms with van der Waals surface area (Å²) in [5.74, 6) is -1.17. The standard InChI is InChI=1S/C11H13F3O2/c1-10(15-2,16-3)8-5-4-6-9(7-8)11(12,13)14/h4-7H,1-3H3. The highest BCUT2D eigenvalue weighted by Crippen LogP contribution is 2.33. The van der Waals surface area contributed by atoms with Gasteiger partial charge in [-0.05, 0) is 19.1 Å². The molecule has 5 heteroatoms. The van der Waals surface area contributed by atoms with Gasteiger partial charge in [0.15, 0.2) is 5.79 Å². The van der Waals surface area contributed by atoms with E-state index in [1.54, 1.807) is 6.92 Å². The third-order valence-electron chi connectivity index (χ3n) is 2.49. The lowest BCUT2D eigenvalue weighted by Gasteiger charge is -2.27. The molecule has 0 fully saturated rings. The van der Waals surface area contributed by atoms with Crippen LogP contribution in [0.25, 0.3) is 0 Å². The van der Waals surface area contributed by atoms with Gasteiger partial charge in [0, 0.05) is 19.8 Å². The van der Waals surface area contributed by atoms with Crippen LogP contribution in [0.3, 0.4) is 0 Å². The average molecular weight is 234 g/mol. The van der Waals surface area contributed by atoms with E-state index in [0.29, 0.717) is 5.56 Å². The summed E-state index contributed by atoms with van der Waals surface area (Å²) in [6, 6.07) is 4.89. The van der Waals surface area contributed by atoms with Gasteiger partial charge >= 0.3 is 6.18 Å². The lowest BCUT2D eigenvalue weighted by molar-refractivity contribution is -0.202. The molecular weight excluding hydrogens is 221 g/mol. The van der Waals surface area contributed by atoms with Crippen LogP contribution < -0.4 is 0 Å². The minimum Gasteiger partial charge on any atom is -0.349 e. The number of ether oxygens (including phenoxy) is 2. The Morgan fingerprint density at radius 1 is 1.00 bits per heavy atom. The van der Waals surface area contributed by atoms with E-state index in [-0.39, 0.29) is 0 Å². The molecule has 2 nitrogen and oxygen atoms in total. The number of benzene rings is 1. The normalized spacial score (nSPS) is 12.9. The lowest BCUT2D eigenvalue weighted by Crippen LogP contribution is -2.27. The maximum atomic E-state index is 12.5. The van der Waals surface area contributed by atoms with Gasteiger partial charge in [-0.15, -0.1) is 0 Å². The highest BCUT2D eigenvalue weighted by atomic mass is 19.4. The Kier molecular flexibility index (Phi) is 3.60. The van der Waals surface area contributed by atoms with Crippen LogP contribution in [0.4, 0.5) is 13.2 Å². The third-order valence-corrected chi connectivity index (χ3v) is 2.49. The van der Waals surface area contributed by atoms with Crippen LogP contribution in [-0.4, -0.2) is 14.2 Å². The molecule has 0 bridgehead atoms. The summed E-state index contributed by atoms with van der Waals surface area (Å²) in [6.45, 7) is 1.56. The van der Waals surface area contributed by atoms with E-state index in [2.05, 4.69) is 0 Å². The first-order chi connectivity index (χ1) is 7.33. The van der Waals surface area contributed by atoms with Crippen LogP contribution in [0.5, 0.6) is 0 Å². The Morgan fingerprint density at radius 2 is 1.50 bits per heavy atom. The molecule has 0 aliphatic rings. The molecule has 1 aromatic carbocycles. The van der Waals surface area contributed by atoms with Gasteiger partial charge in [0.2, 0.25) is 0 Å². The molecule has 0 saturated carbocycles. The molecule has 1 rings (SSSR count). The Hall–Kier alpha value is -1.07. The van der Waals surface area contributed by atoms with Crippen LogP contribution >= 0.6 is 0 Å². The molecule has 0 spiro atoms. The van der Waals surface area contributed by atoms with Crippen molar-refractivity contribution in [2.24, 2.45) is 0 Å². The monoisotopic (exact) mass is 234 g/mol. The molecule has 0 heterocycles. The van der Waals surface area contributed by atoms with Crippen LogP contribution in [0, 0.1) is 0 Å². The van der Waals surface area contributed by atoms with Gasteiger partial charge in [-0.25, -0.2) is 0 Å². The van der Waals surface area contributed by atoms with Crippen molar-refractivity contribution in [1.29, 1.82) is 0 Å². The highest BCUT2D eigenvalue weighted by Gasteiger charge is 2.33. The second-order valence-corrected chi connectivity index (χ2v) is 3.43. The first kappa shape index (κ1) is 13.0. The SMILES string of the molecule is COC(C)(OC)c1cccc(C(F)(F)F)c1. The van der Waals surface area contributed by atoms with E-state index < -0.39 is 17.5 Å². The van der Waals surface area contributed by atoms with Gasteiger partial charge in [-0.3, -0.25) is 0 Å². The lowest BCUT2D eigenvalue weighted by atomic mass is 10.0. The second-order valence-electron chi connectivity index (χ2n) is 3.43. The van der Waals surface area contributed by atoms with Crippen LogP contribution in [0.15, 0.2) is 24.3 Å². The molecule has 0 saturated heterocycles. The Bertz CT molecular complexity index is 356. The molecule has 0 atom stereocenters. The fraction of sp³-hybridized carbons (Fsp3) is 0.455. The molecule has 0 radical (unpaired) electrons. The molecular formula is C11H13F3O2. The number of methoxy groups -OCH3 is 2. The van der Waals surface area contributed by atoms with Crippen molar-refractivity contribution in [3.63, 3.8) is 0 Å². The summed E-state index contributed by atoms with van der Waals surface area (Å²) in [7, 11) is 2.76. The second kappa shape index (κ2) is 4.43. The number of alkyl halides is 3. The number of halogens is 3. The predicted octanol–water partition coefficient (Wildman–Crippen LogP) is 3.17. The Labute approximate surface area is 92.0 Å². The Balaban J connectivity index is 3.17. The average Bonchev–Trinajstić information content (AvgIpc) is 2.27. The fourth-order valence-corrected chi connectivity index (χ4v) is 1.30. The first-order valence-electron chi connectivity index (χ1n) is 4.61. The minimum absolute atomic E-state index is 0.326. The minimum atomic E-state index is -4.36. The van der Waals surface area contributed by atoms with E-state index in [1.807, 2.05) is 0 Å². The number of hydrogen-bond donors (Lipinski definition) is 0. The highest BCUT2D eigenvalue weighted by molar-refractivity contribution is 5.28. The van der Waals surface area contributed by atoms with Gasteiger partial charge in [-0.2, -0.15) is 13.2 Å². The van der Waals surface area contributed by atoms with E-state index in [9.17, 15) is 13.2 Å². The largest absolute Gasteiger partial charge is 0.416 e. The molecule has 0 amide bonds. The van der Waals surface area contributed by atoms with Crippen molar-refractivity contribution >= 4 is 0 Å². The number of hydrogen-bond acceptors (Lipinski definition) is 2.